The first-order valence-corrected chi connectivity index (χ1v) is 10.8. The Labute approximate surface area is 189 Å². The van der Waals surface area contributed by atoms with E-state index in [0.717, 1.165) is 16.6 Å². The van der Waals surface area contributed by atoms with Crippen LogP contribution in [0.15, 0.2) is 71.5 Å². The first kappa shape index (κ1) is 19.8. The van der Waals surface area contributed by atoms with E-state index in [1.54, 1.807) is 34.7 Å². The van der Waals surface area contributed by atoms with Crippen LogP contribution >= 0.6 is 34.5 Å². The fraction of sp³-hybridized carbons (Fsp3) is 0. The third kappa shape index (κ3) is 3.70. The summed E-state index contributed by atoms with van der Waals surface area (Å²) in [7, 11) is 0. The molecule has 0 unspecified atom stereocenters. The molecule has 0 spiro atoms. The summed E-state index contributed by atoms with van der Waals surface area (Å²) in [6, 6.07) is 19.0. The summed E-state index contributed by atoms with van der Waals surface area (Å²) < 4.78 is 7.60. The highest BCUT2D eigenvalue weighted by atomic mass is 35.5. The highest BCUT2D eigenvalue weighted by Gasteiger charge is 2.14. The molecule has 0 atom stereocenters. The van der Waals surface area contributed by atoms with Crippen LogP contribution in [0.3, 0.4) is 0 Å². The number of hydrogen-bond acceptors (Lipinski definition) is 5. The van der Waals surface area contributed by atoms with Crippen molar-refractivity contribution in [2.75, 3.05) is 0 Å². The molecule has 2 aromatic heterocycles. The van der Waals surface area contributed by atoms with Crippen LogP contribution in [0, 0.1) is 0 Å². The molecule has 0 N–H and O–H groups in total. The Balaban J connectivity index is 1.49. The smallest absolute Gasteiger partial charge is 0.345 e. The van der Waals surface area contributed by atoms with Crippen molar-refractivity contribution >= 4 is 62.6 Å². The standard InChI is InChI=1S/C23H12Cl2N2O3S/c24-14-8-9-16(17(25)12-14)22(29)30-15-5-3-4-13(10-15)11-20-21(28)27-19-7-2-1-6-18(19)26-23(27)31-20/h1-12H. The van der Waals surface area contributed by atoms with Gasteiger partial charge in [-0.2, -0.15) is 0 Å². The highest BCUT2D eigenvalue weighted by molar-refractivity contribution is 7.15. The molecule has 5 nitrogen and oxygen atoms in total. The van der Waals surface area contributed by atoms with Gasteiger partial charge in [-0.1, -0.05) is 58.8 Å². The number of nitrogens with zero attached hydrogens (tertiary/aromatic N) is 2. The third-order valence-corrected chi connectivity index (χ3v) is 6.18. The van der Waals surface area contributed by atoms with Crippen LogP contribution in [-0.2, 0) is 0 Å². The van der Waals surface area contributed by atoms with Crippen molar-refractivity contribution in [3.63, 3.8) is 0 Å². The van der Waals surface area contributed by atoms with Crippen LogP contribution in [0.1, 0.15) is 15.9 Å². The van der Waals surface area contributed by atoms with Gasteiger partial charge in [0.15, 0.2) is 4.96 Å². The lowest BCUT2D eigenvalue weighted by Gasteiger charge is -2.06. The number of hydrogen-bond donors (Lipinski definition) is 0. The van der Waals surface area contributed by atoms with Crippen molar-refractivity contribution in [1.29, 1.82) is 0 Å². The van der Waals surface area contributed by atoms with Gasteiger partial charge in [0.1, 0.15) is 5.75 Å². The highest BCUT2D eigenvalue weighted by Crippen LogP contribution is 2.23. The van der Waals surface area contributed by atoms with Gasteiger partial charge in [0, 0.05) is 5.02 Å². The second kappa shape index (κ2) is 7.81. The van der Waals surface area contributed by atoms with E-state index in [2.05, 4.69) is 4.98 Å². The zero-order valence-electron chi connectivity index (χ0n) is 15.7. The van der Waals surface area contributed by atoms with E-state index in [0.29, 0.717) is 20.3 Å². The van der Waals surface area contributed by atoms with Gasteiger partial charge in [0.25, 0.3) is 5.56 Å². The van der Waals surface area contributed by atoms with Crippen LogP contribution in [-0.4, -0.2) is 15.4 Å². The summed E-state index contributed by atoms with van der Waals surface area (Å²) in [6.45, 7) is 0. The molecule has 152 valence electrons. The van der Waals surface area contributed by atoms with Gasteiger partial charge < -0.3 is 4.74 Å². The molecular formula is C23H12Cl2N2O3S. The molecule has 0 saturated heterocycles. The summed E-state index contributed by atoms with van der Waals surface area (Å²) in [5.41, 5.74) is 2.37. The second-order valence-electron chi connectivity index (χ2n) is 6.72. The Hall–Kier alpha value is -3.19. The molecular weight excluding hydrogens is 455 g/mol. The molecule has 2 heterocycles. The zero-order chi connectivity index (χ0) is 21.5. The molecule has 0 fully saturated rings. The van der Waals surface area contributed by atoms with Gasteiger partial charge in [-0.05, 0) is 54.1 Å². The van der Waals surface area contributed by atoms with Crippen LogP contribution in [0.2, 0.25) is 10.0 Å². The van der Waals surface area contributed by atoms with Crippen LogP contribution < -0.4 is 14.8 Å². The van der Waals surface area contributed by atoms with Crippen molar-refractivity contribution in [2.45, 2.75) is 0 Å². The van der Waals surface area contributed by atoms with E-state index >= 15 is 0 Å². The Bertz CT molecular complexity index is 1590. The topological polar surface area (TPSA) is 60.7 Å². The van der Waals surface area contributed by atoms with E-state index < -0.39 is 5.97 Å². The van der Waals surface area contributed by atoms with E-state index in [1.165, 1.54) is 23.5 Å². The number of para-hydroxylation sites is 2. The monoisotopic (exact) mass is 466 g/mol. The normalized spacial score (nSPS) is 12.0. The van der Waals surface area contributed by atoms with Crippen molar-refractivity contribution in [3.05, 3.63) is 103 Å². The van der Waals surface area contributed by atoms with Gasteiger partial charge in [0.05, 0.1) is 26.2 Å². The maximum absolute atomic E-state index is 12.9. The lowest BCUT2D eigenvalue weighted by Crippen LogP contribution is -2.22. The molecule has 31 heavy (non-hydrogen) atoms. The number of esters is 1. The SMILES string of the molecule is O=C(Oc1cccc(C=c2sc3nc4ccccc4n3c2=O)c1)c1ccc(Cl)cc1Cl. The third-order valence-electron chi connectivity index (χ3n) is 4.66. The molecule has 0 bridgehead atoms. The molecule has 0 amide bonds. The Kier molecular flexibility index (Phi) is 4.98. The summed E-state index contributed by atoms with van der Waals surface area (Å²) in [6.07, 6.45) is 1.75. The van der Waals surface area contributed by atoms with E-state index in [4.69, 9.17) is 27.9 Å². The first-order valence-electron chi connectivity index (χ1n) is 9.18. The van der Waals surface area contributed by atoms with Gasteiger partial charge >= 0.3 is 5.97 Å². The lowest BCUT2D eigenvalue weighted by molar-refractivity contribution is 0.0735. The quantitative estimate of drug-likeness (QED) is 0.277. The average molecular weight is 467 g/mol. The number of carbonyl (C=O) groups is 1. The van der Waals surface area contributed by atoms with E-state index in [9.17, 15) is 9.59 Å². The van der Waals surface area contributed by atoms with Crippen LogP contribution in [0.4, 0.5) is 0 Å². The summed E-state index contributed by atoms with van der Waals surface area (Å²) in [5, 5.41) is 0.645. The van der Waals surface area contributed by atoms with Gasteiger partial charge in [-0.3, -0.25) is 4.79 Å². The number of fused-ring (bicyclic) bond motifs is 3. The number of benzene rings is 3. The second-order valence-corrected chi connectivity index (χ2v) is 8.57. The zero-order valence-corrected chi connectivity index (χ0v) is 18.0. The predicted molar refractivity (Wildman–Crippen MR) is 123 cm³/mol. The molecule has 5 aromatic rings. The Morgan fingerprint density at radius 2 is 1.87 bits per heavy atom. The van der Waals surface area contributed by atoms with E-state index in [1.807, 2.05) is 30.3 Å². The number of aromatic nitrogens is 2. The molecule has 0 radical (unpaired) electrons. The number of halogens is 2. The molecule has 0 aliphatic rings. The largest absolute Gasteiger partial charge is 0.423 e. The van der Waals surface area contributed by atoms with Crippen molar-refractivity contribution in [1.82, 2.24) is 9.38 Å². The summed E-state index contributed by atoms with van der Waals surface area (Å²) in [4.78, 5) is 30.5. The number of carbonyl (C=O) groups excluding carboxylic acids is 1. The fourth-order valence-corrected chi connectivity index (χ4v) is 4.72. The predicted octanol–water partition coefficient (Wildman–Crippen LogP) is 4.98. The average Bonchev–Trinajstić information content (AvgIpc) is 3.24. The summed E-state index contributed by atoms with van der Waals surface area (Å²) >= 11 is 13.3. The van der Waals surface area contributed by atoms with Crippen LogP contribution in [0.5, 0.6) is 5.75 Å². The Morgan fingerprint density at radius 1 is 1.03 bits per heavy atom. The first-order chi connectivity index (χ1) is 15.0. The minimum Gasteiger partial charge on any atom is -0.423 e. The van der Waals surface area contributed by atoms with Crippen LogP contribution in [0.25, 0.3) is 22.1 Å². The molecule has 5 rings (SSSR count). The number of imidazole rings is 1. The molecule has 0 aliphatic carbocycles. The summed E-state index contributed by atoms with van der Waals surface area (Å²) in [5.74, 6) is -0.256. The van der Waals surface area contributed by atoms with Crippen molar-refractivity contribution in [2.24, 2.45) is 0 Å². The van der Waals surface area contributed by atoms with Gasteiger partial charge in [-0.15, -0.1) is 0 Å². The van der Waals surface area contributed by atoms with Gasteiger partial charge in [-0.25, -0.2) is 14.2 Å². The van der Waals surface area contributed by atoms with Crippen molar-refractivity contribution < 1.29 is 9.53 Å². The molecule has 3 aromatic carbocycles. The lowest BCUT2D eigenvalue weighted by atomic mass is 10.2. The number of ether oxygens (including phenoxy) is 1. The number of rotatable bonds is 3. The Morgan fingerprint density at radius 3 is 2.71 bits per heavy atom. The molecule has 8 heteroatoms. The minimum absolute atomic E-state index is 0.135. The van der Waals surface area contributed by atoms with E-state index in [-0.39, 0.29) is 16.1 Å². The van der Waals surface area contributed by atoms with Crippen molar-refractivity contribution in [3.8, 4) is 5.75 Å². The molecule has 0 saturated carbocycles. The maximum atomic E-state index is 12.9. The number of thiazole rings is 1. The molecule has 0 aliphatic heterocycles. The maximum Gasteiger partial charge on any atom is 0.345 e. The minimum atomic E-state index is -0.593. The van der Waals surface area contributed by atoms with Gasteiger partial charge in [0.2, 0.25) is 0 Å². The fourth-order valence-electron chi connectivity index (χ4n) is 3.25.